The molecule has 0 unspecified atom stereocenters. The Morgan fingerprint density at radius 3 is 2.81 bits per heavy atom. The summed E-state index contributed by atoms with van der Waals surface area (Å²) >= 11 is 6.62. The summed E-state index contributed by atoms with van der Waals surface area (Å²) in [6, 6.07) is 18.9. The molecule has 2 heterocycles. The number of carbonyl (C=O) groups is 1. The minimum Gasteiger partial charge on any atom is -0.478 e. The lowest BCUT2D eigenvalue weighted by Crippen LogP contribution is -2.01. The number of pyridine rings is 1. The molecule has 0 radical (unpaired) electrons. The first-order valence-corrected chi connectivity index (χ1v) is 9.98. The number of ether oxygens (including phenoxy) is 1. The summed E-state index contributed by atoms with van der Waals surface area (Å²) in [5.74, 6) is -0.616. The Balaban J connectivity index is 1.56. The van der Waals surface area contributed by atoms with Gasteiger partial charge in [0.25, 0.3) is 6.01 Å². The van der Waals surface area contributed by atoms with E-state index in [2.05, 4.69) is 15.0 Å². The maximum atomic E-state index is 11.4. The molecule has 0 atom stereocenters. The van der Waals surface area contributed by atoms with Gasteiger partial charge in [0.15, 0.2) is 6.20 Å². The smallest absolute Gasteiger partial charge is 0.336 e. The topological polar surface area (TPSA) is 89.4 Å². The summed E-state index contributed by atoms with van der Waals surface area (Å²) in [5, 5.41) is 11.0. The molecule has 0 fully saturated rings. The number of benzene rings is 3. The van der Waals surface area contributed by atoms with E-state index in [9.17, 15) is 9.90 Å². The molecule has 0 saturated carbocycles. The van der Waals surface area contributed by atoms with Crippen LogP contribution in [0.3, 0.4) is 0 Å². The van der Waals surface area contributed by atoms with Gasteiger partial charge in [0, 0.05) is 17.7 Å². The van der Waals surface area contributed by atoms with Crippen LogP contribution in [0.5, 0.6) is 11.8 Å². The van der Waals surface area contributed by atoms with E-state index in [0.29, 0.717) is 21.9 Å². The summed E-state index contributed by atoms with van der Waals surface area (Å²) in [6.45, 7) is 1.74. The monoisotopic (exact) mass is 430 g/mol. The van der Waals surface area contributed by atoms with Crippen molar-refractivity contribution < 1.29 is 19.6 Å². The van der Waals surface area contributed by atoms with Crippen LogP contribution in [0, 0.1) is 6.92 Å². The van der Waals surface area contributed by atoms with E-state index < -0.39 is 5.97 Å². The van der Waals surface area contributed by atoms with Gasteiger partial charge in [-0.25, -0.2) is 9.78 Å². The predicted octanol–water partition coefficient (Wildman–Crippen LogP) is 5.65. The average molecular weight is 431 g/mol. The molecule has 0 spiro atoms. The average Bonchev–Trinajstić information content (AvgIpc) is 3.15. The van der Waals surface area contributed by atoms with E-state index in [4.69, 9.17) is 16.3 Å². The molecule has 0 aliphatic rings. The van der Waals surface area contributed by atoms with Crippen LogP contribution in [0.25, 0.3) is 33.1 Å². The number of hydrogen-bond donors (Lipinski definition) is 2. The minimum absolute atomic E-state index is 0.187. The number of fused-ring (bicyclic) bond motifs is 2. The molecule has 5 aromatic rings. The van der Waals surface area contributed by atoms with Gasteiger partial charge in [-0.2, -0.15) is 4.98 Å². The second-order valence-electron chi connectivity index (χ2n) is 7.21. The minimum atomic E-state index is -1.00. The van der Waals surface area contributed by atoms with Crippen LogP contribution in [-0.2, 0) is 0 Å². The number of aromatic amines is 2. The van der Waals surface area contributed by atoms with Crippen molar-refractivity contribution in [1.29, 1.82) is 0 Å². The molecule has 6 nitrogen and oxygen atoms in total. The number of H-pyrrole nitrogens is 2. The van der Waals surface area contributed by atoms with Crippen molar-refractivity contribution in [2.75, 3.05) is 0 Å². The third kappa shape index (κ3) is 3.47. The quantitative estimate of drug-likeness (QED) is 0.385. The maximum absolute atomic E-state index is 11.4. The lowest BCUT2D eigenvalue weighted by Gasteiger charge is -2.06. The van der Waals surface area contributed by atoms with E-state index in [1.807, 2.05) is 48.7 Å². The Kier molecular flexibility index (Phi) is 4.56. The van der Waals surface area contributed by atoms with Gasteiger partial charge in [-0.3, -0.25) is 0 Å². The van der Waals surface area contributed by atoms with E-state index in [1.165, 1.54) is 6.07 Å². The van der Waals surface area contributed by atoms with Crippen molar-refractivity contribution in [3.63, 3.8) is 0 Å². The highest BCUT2D eigenvalue weighted by molar-refractivity contribution is 6.34. The number of rotatable bonds is 4. The fraction of sp³-hybridized carbons (Fsp3) is 0.0417. The molecule has 0 bridgehead atoms. The van der Waals surface area contributed by atoms with E-state index in [0.717, 1.165) is 27.5 Å². The molecule has 0 amide bonds. The molecular formula is C24H17ClN3O3+. The Bertz CT molecular complexity index is 1470. The van der Waals surface area contributed by atoms with Crippen LogP contribution >= 0.6 is 11.6 Å². The number of carboxylic acids is 1. The molecule has 152 valence electrons. The standard InChI is InChI=1S/C24H16ClN3O3/c1-13-7-8-14(10-17(13)23(29)30)31-24-27-21-11-18(19(25)12-22(21)28-24)15-4-2-6-20-16(15)5-3-9-26-20/h2-12H,1H3,(H,27,28)(H,29,30)/p+1. The molecule has 7 heteroatoms. The maximum Gasteiger partial charge on any atom is 0.336 e. The molecular weight excluding hydrogens is 414 g/mol. The van der Waals surface area contributed by atoms with E-state index in [1.54, 1.807) is 19.1 Å². The van der Waals surface area contributed by atoms with Gasteiger partial charge in [0.2, 0.25) is 5.52 Å². The van der Waals surface area contributed by atoms with Crippen LogP contribution in [0.15, 0.2) is 66.9 Å². The normalized spacial score (nSPS) is 11.2. The molecule has 31 heavy (non-hydrogen) atoms. The Labute approximate surface area is 182 Å². The van der Waals surface area contributed by atoms with Gasteiger partial charge in [-0.05, 0) is 48.4 Å². The van der Waals surface area contributed by atoms with Crippen LogP contribution in [0.4, 0.5) is 0 Å². The van der Waals surface area contributed by atoms with Gasteiger partial charge in [0.05, 0.1) is 27.0 Å². The van der Waals surface area contributed by atoms with Crippen molar-refractivity contribution >= 4 is 39.5 Å². The first kappa shape index (κ1) is 19.1. The van der Waals surface area contributed by atoms with Crippen molar-refractivity contribution in [3.05, 3.63) is 83.0 Å². The summed E-state index contributed by atoms with van der Waals surface area (Å²) in [5.41, 5.74) is 5.13. The Morgan fingerprint density at radius 1 is 1.10 bits per heavy atom. The molecule has 0 aliphatic carbocycles. The second kappa shape index (κ2) is 7.41. The van der Waals surface area contributed by atoms with Crippen molar-refractivity contribution in [2.45, 2.75) is 6.92 Å². The fourth-order valence-electron chi connectivity index (χ4n) is 3.66. The van der Waals surface area contributed by atoms with Gasteiger partial charge in [-0.1, -0.05) is 29.8 Å². The Hall–Kier alpha value is -3.90. The van der Waals surface area contributed by atoms with Crippen LogP contribution in [0.2, 0.25) is 5.02 Å². The van der Waals surface area contributed by atoms with Crippen molar-refractivity contribution in [1.82, 2.24) is 9.97 Å². The summed E-state index contributed by atoms with van der Waals surface area (Å²) < 4.78 is 5.79. The number of hydrogen-bond acceptors (Lipinski definition) is 3. The van der Waals surface area contributed by atoms with Crippen molar-refractivity contribution in [3.8, 4) is 22.9 Å². The molecule has 0 aliphatic heterocycles. The lowest BCUT2D eigenvalue weighted by molar-refractivity contribution is -0.344. The molecule has 0 saturated heterocycles. The number of imidazole rings is 1. The number of aromatic nitrogens is 3. The lowest BCUT2D eigenvalue weighted by atomic mass is 10.00. The van der Waals surface area contributed by atoms with Gasteiger partial charge >= 0.3 is 5.97 Å². The second-order valence-corrected chi connectivity index (χ2v) is 7.62. The summed E-state index contributed by atoms with van der Waals surface area (Å²) in [6.07, 6.45) is 1.88. The van der Waals surface area contributed by atoms with E-state index >= 15 is 0 Å². The van der Waals surface area contributed by atoms with Crippen LogP contribution in [-0.4, -0.2) is 21.0 Å². The first-order valence-electron chi connectivity index (χ1n) is 9.60. The van der Waals surface area contributed by atoms with Crippen molar-refractivity contribution in [2.24, 2.45) is 0 Å². The van der Waals surface area contributed by atoms with Gasteiger partial charge in [0.1, 0.15) is 5.75 Å². The number of nitrogens with zero attached hydrogens (tertiary/aromatic N) is 1. The number of halogens is 1. The highest BCUT2D eigenvalue weighted by atomic mass is 35.5. The summed E-state index contributed by atoms with van der Waals surface area (Å²) in [4.78, 5) is 22.2. The molecule has 3 N–H and O–H groups in total. The predicted molar refractivity (Wildman–Crippen MR) is 119 cm³/mol. The highest BCUT2D eigenvalue weighted by Gasteiger charge is 2.15. The molecule has 2 aromatic heterocycles. The highest BCUT2D eigenvalue weighted by Crippen LogP contribution is 2.36. The van der Waals surface area contributed by atoms with Crippen LogP contribution in [0.1, 0.15) is 15.9 Å². The molecule has 3 aromatic carbocycles. The van der Waals surface area contributed by atoms with Crippen LogP contribution < -0.4 is 9.72 Å². The zero-order chi connectivity index (χ0) is 21.5. The number of nitrogens with one attached hydrogen (secondary N) is 2. The summed E-state index contributed by atoms with van der Waals surface area (Å²) in [7, 11) is 0. The third-order valence-electron chi connectivity index (χ3n) is 5.20. The Morgan fingerprint density at radius 2 is 1.97 bits per heavy atom. The zero-order valence-corrected chi connectivity index (χ0v) is 17.2. The van der Waals surface area contributed by atoms with Gasteiger partial charge in [-0.15, -0.1) is 0 Å². The number of aryl methyl sites for hydroxylation is 1. The largest absolute Gasteiger partial charge is 0.478 e. The van der Waals surface area contributed by atoms with Gasteiger partial charge < -0.3 is 14.8 Å². The zero-order valence-electron chi connectivity index (χ0n) is 16.4. The van der Waals surface area contributed by atoms with E-state index in [-0.39, 0.29) is 11.6 Å². The number of aromatic carboxylic acids is 1. The fourth-order valence-corrected chi connectivity index (χ4v) is 3.92. The molecule has 5 rings (SSSR count). The first-order chi connectivity index (χ1) is 15.0. The number of carboxylic acid groups (broad SMARTS) is 1. The SMILES string of the molecule is Cc1ccc(Oc2nc3cc(-c4cccc5[nH+]cccc45)c(Cl)cc3[nH]2)cc1C(=O)O. The third-order valence-corrected chi connectivity index (χ3v) is 5.51.